The molecule has 9 nitrogen and oxygen atoms in total. The van der Waals surface area contributed by atoms with E-state index in [1.54, 1.807) is 0 Å². The number of hydrogen-bond donors (Lipinski definition) is 3. The molecular formula is C20H44N2O7S. The molecule has 1 unspecified atom stereocenters. The molecule has 0 aromatic heterocycles. The molecule has 1 atom stereocenters. The SMILES string of the molecule is CCCCCCCC[NH3+].CCCCCCCC[NH3+].O=C([O-])CC(C(=O)[O-])S(=O)(=O)O. The predicted octanol–water partition coefficient (Wildman–Crippen LogP) is -0.690. The van der Waals surface area contributed by atoms with Gasteiger partial charge in [0.1, 0.15) is 5.25 Å². The van der Waals surface area contributed by atoms with Crippen molar-refractivity contribution in [3.8, 4) is 0 Å². The van der Waals surface area contributed by atoms with E-state index in [2.05, 4.69) is 25.3 Å². The smallest absolute Gasteiger partial charge is 0.273 e. The molecule has 0 aromatic rings. The zero-order valence-corrected chi connectivity index (χ0v) is 19.7. The van der Waals surface area contributed by atoms with Crippen LogP contribution in [0.2, 0.25) is 0 Å². The quantitative estimate of drug-likeness (QED) is 0.202. The third-order valence-electron chi connectivity index (χ3n) is 4.18. The van der Waals surface area contributed by atoms with Gasteiger partial charge < -0.3 is 31.3 Å². The molecule has 0 bridgehead atoms. The first-order chi connectivity index (χ1) is 14.1. The fourth-order valence-corrected chi connectivity index (χ4v) is 2.97. The molecule has 0 saturated carbocycles. The summed E-state index contributed by atoms with van der Waals surface area (Å²) in [6.07, 6.45) is 15.3. The van der Waals surface area contributed by atoms with Crippen LogP contribution in [0.15, 0.2) is 0 Å². The van der Waals surface area contributed by atoms with Gasteiger partial charge in [0.2, 0.25) is 0 Å². The lowest BCUT2D eigenvalue weighted by Gasteiger charge is -2.14. The van der Waals surface area contributed by atoms with Crippen molar-refractivity contribution >= 4 is 22.1 Å². The highest BCUT2D eigenvalue weighted by molar-refractivity contribution is 7.87. The molecule has 0 spiro atoms. The second-order valence-corrected chi connectivity index (χ2v) is 8.74. The normalized spacial score (nSPS) is 11.5. The number of unbranched alkanes of at least 4 members (excludes halogenated alkanes) is 10. The Morgan fingerprint density at radius 1 is 0.767 bits per heavy atom. The molecule has 0 aromatic carbocycles. The van der Waals surface area contributed by atoms with Gasteiger partial charge in [-0.05, 0) is 25.7 Å². The summed E-state index contributed by atoms with van der Waals surface area (Å²) < 4.78 is 28.5. The number of aliphatic carboxylic acids is 2. The average molecular weight is 457 g/mol. The third-order valence-corrected chi connectivity index (χ3v) is 5.26. The topological polar surface area (TPSA) is 190 Å². The van der Waals surface area contributed by atoms with Gasteiger partial charge in [-0.2, -0.15) is 8.42 Å². The van der Waals surface area contributed by atoms with Gasteiger partial charge in [-0.1, -0.05) is 65.2 Å². The molecule has 0 saturated heterocycles. The number of carbonyl (C=O) groups is 2. The minimum atomic E-state index is -4.94. The molecular weight excluding hydrogens is 412 g/mol. The first kappa shape index (κ1) is 33.4. The van der Waals surface area contributed by atoms with Crippen LogP contribution in [0, 0.1) is 0 Å². The molecule has 0 rings (SSSR count). The van der Waals surface area contributed by atoms with E-state index in [0.29, 0.717) is 0 Å². The molecule has 30 heavy (non-hydrogen) atoms. The van der Waals surface area contributed by atoms with E-state index in [0.717, 1.165) is 13.1 Å². The van der Waals surface area contributed by atoms with Crippen molar-refractivity contribution in [1.29, 1.82) is 0 Å². The third kappa shape index (κ3) is 29.0. The lowest BCUT2D eigenvalue weighted by atomic mass is 10.1. The number of carboxylic acids is 2. The van der Waals surface area contributed by atoms with E-state index in [4.69, 9.17) is 4.55 Å². The van der Waals surface area contributed by atoms with E-state index in [-0.39, 0.29) is 0 Å². The van der Waals surface area contributed by atoms with Crippen LogP contribution in [-0.2, 0) is 19.7 Å². The molecule has 182 valence electrons. The van der Waals surface area contributed by atoms with Gasteiger partial charge in [-0.25, -0.2) is 0 Å². The summed E-state index contributed by atoms with van der Waals surface area (Å²) in [5, 5.41) is 17.3. The summed E-state index contributed by atoms with van der Waals surface area (Å²) in [6, 6.07) is 0. The zero-order valence-electron chi connectivity index (χ0n) is 18.9. The standard InChI is InChI=1S/2C8H19N.C4H6O7S/c2*1-2-3-4-5-6-7-8-9;5-3(6)1-2(4(7)8)12(9,10)11/h2*2-9H2,1H3;2H,1H2,(H,5,6)(H,7,8)(H,9,10,11). The number of rotatable bonds is 16. The van der Waals surface area contributed by atoms with Crippen LogP contribution in [0.4, 0.5) is 0 Å². The van der Waals surface area contributed by atoms with Crippen LogP contribution in [0.3, 0.4) is 0 Å². The molecule has 0 radical (unpaired) electrons. The van der Waals surface area contributed by atoms with Crippen molar-refractivity contribution in [2.45, 2.75) is 103 Å². The Morgan fingerprint density at radius 2 is 1.10 bits per heavy atom. The van der Waals surface area contributed by atoms with Gasteiger partial charge >= 0.3 is 0 Å². The van der Waals surface area contributed by atoms with Gasteiger partial charge in [-0.3, -0.25) is 4.55 Å². The van der Waals surface area contributed by atoms with Crippen LogP contribution < -0.4 is 21.7 Å². The van der Waals surface area contributed by atoms with Crippen molar-refractivity contribution in [2.75, 3.05) is 13.1 Å². The monoisotopic (exact) mass is 456 g/mol. The maximum atomic E-state index is 10.2. The highest BCUT2D eigenvalue weighted by atomic mass is 32.2. The second kappa shape index (κ2) is 24.0. The lowest BCUT2D eigenvalue weighted by molar-refractivity contribution is -0.368. The molecule has 0 aliphatic heterocycles. The van der Waals surface area contributed by atoms with Gasteiger partial charge in [-0.15, -0.1) is 0 Å². The highest BCUT2D eigenvalue weighted by Gasteiger charge is 2.24. The Kier molecular flexibility index (Phi) is 26.8. The summed E-state index contributed by atoms with van der Waals surface area (Å²) in [7, 11) is -4.94. The number of hydrogen-bond acceptors (Lipinski definition) is 6. The van der Waals surface area contributed by atoms with Gasteiger partial charge in [0.25, 0.3) is 10.1 Å². The van der Waals surface area contributed by atoms with Crippen molar-refractivity contribution in [2.24, 2.45) is 0 Å². The number of carboxylic acid groups (broad SMARTS) is 2. The molecule has 7 N–H and O–H groups in total. The van der Waals surface area contributed by atoms with Crippen LogP contribution in [-0.4, -0.2) is 43.2 Å². The minimum Gasteiger partial charge on any atom is -0.550 e. The lowest BCUT2D eigenvalue weighted by Crippen LogP contribution is -2.50. The van der Waals surface area contributed by atoms with Gasteiger partial charge in [0, 0.05) is 12.4 Å². The molecule has 0 fully saturated rings. The van der Waals surface area contributed by atoms with Gasteiger partial charge in [0.15, 0.2) is 0 Å². The van der Waals surface area contributed by atoms with Crippen molar-refractivity contribution in [3.05, 3.63) is 0 Å². The number of quaternary nitrogens is 2. The first-order valence-corrected chi connectivity index (χ1v) is 12.5. The maximum Gasteiger partial charge on any atom is 0.273 e. The Balaban J connectivity index is -0.000000371. The summed E-state index contributed by atoms with van der Waals surface area (Å²) in [5.41, 5.74) is 7.61. The summed E-state index contributed by atoms with van der Waals surface area (Å²) in [5.74, 6) is -4.08. The number of carbonyl (C=O) groups excluding carboxylic acids is 2. The van der Waals surface area contributed by atoms with E-state index in [9.17, 15) is 28.2 Å². The molecule has 0 amide bonds. The van der Waals surface area contributed by atoms with Crippen molar-refractivity contribution < 1.29 is 44.2 Å². The Labute approximate surface area is 182 Å². The Morgan fingerprint density at radius 3 is 1.30 bits per heavy atom. The second-order valence-electron chi connectivity index (χ2n) is 7.14. The molecule has 0 aliphatic rings. The minimum absolute atomic E-state index is 1.12. The van der Waals surface area contributed by atoms with Crippen LogP contribution in [0.5, 0.6) is 0 Å². The molecule has 0 heterocycles. The van der Waals surface area contributed by atoms with E-state index in [1.807, 2.05) is 0 Å². The van der Waals surface area contributed by atoms with Gasteiger partial charge in [0.05, 0.1) is 19.1 Å². The Bertz CT molecular complexity index is 473. The van der Waals surface area contributed by atoms with Crippen molar-refractivity contribution in [3.63, 3.8) is 0 Å². The average Bonchev–Trinajstić information content (AvgIpc) is 2.66. The summed E-state index contributed by atoms with van der Waals surface area (Å²) >= 11 is 0. The van der Waals surface area contributed by atoms with Crippen LogP contribution in [0.1, 0.15) is 97.3 Å². The van der Waals surface area contributed by atoms with Crippen LogP contribution >= 0.6 is 0 Å². The van der Waals surface area contributed by atoms with Crippen LogP contribution in [0.25, 0.3) is 0 Å². The van der Waals surface area contributed by atoms with E-state index < -0.39 is 33.7 Å². The van der Waals surface area contributed by atoms with E-state index >= 15 is 0 Å². The summed E-state index contributed by atoms with van der Waals surface area (Å²) in [4.78, 5) is 19.7. The maximum absolute atomic E-state index is 10.2. The molecule has 10 heteroatoms. The zero-order chi connectivity index (χ0) is 23.8. The molecule has 0 aliphatic carbocycles. The van der Waals surface area contributed by atoms with Crippen molar-refractivity contribution in [1.82, 2.24) is 0 Å². The predicted molar refractivity (Wildman–Crippen MR) is 112 cm³/mol. The fraction of sp³-hybridized carbons (Fsp3) is 0.900. The first-order valence-electron chi connectivity index (χ1n) is 11.0. The highest BCUT2D eigenvalue weighted by Crippen LogP contribution is 2.04. The summed E-state index contributed by atoms with van der Waals surface area (Å²) in [6.45, 7) is 6.74. The Hall–Kier alpha value is -1.23. The van der Waals surface area contributed by atoms with E-state index in [1.165, 1.54) is 77.0 Å². The largest absolute Gasteiger partial charge is 0.550 e. The fourth-order valence-electron chi connectivity index (χ4n) is 2.38.